The van der Waals surface area contributed by atoms with Crippen molar-refractivity contribution in [3.63, 3.8) is 0 Å². The van der Waals surface area contributed by atoms with E-state index in [1.807, 2.05) is 0 Å². The fourth-order valence-electron chi connectivity index (χ4n) is 2.15. The number of nitrogens with zero attached hydrogens (tertiary/aromatic N) is 3. The number of unbranched alkanes of at least 4 members (excludes halogenated alkanes) is 1. The molecule has 0 aliphatic heterocycles. The number of hydrogen-bond donors (Lipinski definition) is 1. The Morgan fingerprint density at radius 2 is 2.05 bits per heavy atom. The second kappa shape index (κ2) is 8.00. The van der Waals surface area contributed by atoms with Gasteiger partial charge in [0.15, 0.2) is 0 Å². The molecule has 0 unspecified atom stereocenters. The van der Waals surface area contributed by atoms with Gasteiger partial charge >= 0.3 is 5.97 Å². The molecule has 2 heterocycles. The van der Waals surface area contributed by atoms with Crippen LogP contribution in [0.3, 0.4) is 0 Å². The van der Waals surface area contributed by atoms with Crippen LogP contribution in [0.2, 0.25) is 0 Å². The summed E-state index contributed by atoms with van der Waals surface area (Å²) in [5, 5.41) is 10.2. The number of rotatable bonds is 8. The quantitative estimate of drug-likeness (QED) is 0.809. The number of thiazole rings is 1. The van der Waals surface area contributed by atoms with Crippen LogP contribution in [-0.2, 0) is 6.42 Å². The van der Waals surface area contributed by atoms with E-state index in [2.05, 4.69) is 28.8 Å². The average molecular weight is 319 g/mol. The van der Waals surface area contributed by atoms with Gasteiger partial charge in [0, 0.05) is 30.9 Å². The minimum atomic E-state index is -0.921. The molecule has 22 heavy (non-hydrogen) atoms. The second-order valence-corrected chi connectivity index (χ2v) is 6.32. The minimum Gasteiger partial charge on any atom is -0.477 e. The molecule has 0 bridgehead atoms. The Morgan fingerprint density at radius 3 is 2.68 bits per heavy atom. The summed E-state index contributed by atoms with van der Waals surface area (Å²) in [5.74, 6) is -0.921. The SMILES string of the molecule is CCCCN(C)CCc1nc(-c2ccncc2)c(C(=O)O)s1. The van der Waals surface area contributed by atoms with Crippen molar-refractivity contribution in [1.29, 1.82) is 0 Å². The number of carboxylic acids is 1. The van der Waals surface area contributed by atoms with Gasteiger partial charge in [-0.05, 0) is 32.1 Å². The molecule has 0 aliphatic rings. The lowest BCUT2D eigenvalue weighted by Crippen LogP contribution is -2.22. The zero-order valence-electron chi connectivity index (χ0n) is 13.0. The topological polar surface area (TPSA) is 66.3 Å². The maximum atomic E-state index is 11.4. The van der Waals surface area contributed by atoms with Crippen molar-refractivity contribution in [2.24, 2.45) is 0 Å². The van der Waals surface area contributed by atoms with Gasteiger partial charge in [0.05, 0.1) is 10.7 Å². The normalized spacial score (nSPS) is 11.0. The molecule has 0 amide bonds. The Labute approximate surface area is 134 Å². The second-order valence-electron chi connectivity index (χ2n) is 5.23. The number of hydrogen-bond acceptors (Lipinski definition) is 5. The van der Waals surface area contributed by atoms with Gasteiger partial charge in [-0.3, -0.25) is 4.98 Å². The van der Waals surface area contributed by atoms with E-state index in [-0.39, 0.29) is 0 Å². The van der Waals surface area contributed by atoms with Crippen LogP contribution in [0.15, 0.2) is 24.5 Å². The molecule has 0 aliphatic carbocycles. The molecule has 0 aromatic carbocycles. The first kappa shape index (κ1) is 16.6. The third kappa shape index (κ3) is 4.35. The third-order valence-corrected chi connectivity index (χ3v) is 4.52. The molecule has 5 nitrogen and oxygen atoms in total. The summed E-state index contributed by atoms with van der Waals surface area (Å²) in [4.78, 5) is 22.5. The molecule has 2 aromatic rings. The molecule has 2 rings (SSSR count). The fraction of sp³-hybridized carbons (Fsp3) is 0.438. The van der Waals surface area contributed by atoms with E-state index in [1.54, 1.807) is 24.5 Å². The van der Waals surface area contributed by atoms with Crippen LogP contribution in [0.4, 0.5) is 0 Å². The first-order chi connectivity index (χ1) is 10.6. The lowest BCUT2D eigenvalue weighted by molar-refractivity contribution is 0.0702. The van der Waals surface area contributed by atoms with Gasteiger partial charge in [0.2, 0.25) is 0 Å². The maximum absolute atomic E-state index is 11.4. The van der Waals surface area contributed by atoms with Crippen LogP contribution in [0.5, 0.6) is 0 Å². The van der Waals surface area contributed by atoms with E-state index >= 15 is 0 Å². The highest BCUT2D eigenvalue weighted by atomic mass is 32.1. The van der Waals surface area contributed by atoms with Gasteiger partial charge in [0.1, 0.15) is 4.88 Å². The van der Waals surface area contributed by atoms with Crippen LogP contribution in [0.1, 0.15) is 34.4 Å². The van der Waals surface area contributed by atoms with Crippen LogP contribution in [0, 0.1) is 0 Å². The largest absolute Gasteiger partial charge is 0.477 e. The molecule has 0 fully saturated rings. The van der Waals surface area contributed by atoms with Gasteiger partial charge in [-0.1, -0.05) is 13.3 Å². The Bertz CT molecular complexity index is 613. The van der Waals surface area contributed by atoms with E-state index in [0.717, 1.165) is 30.1 Å². The number of pyridine rings is 1. The number of carboxylic acid groups (broad SMARTS) is 1. The van der Waals surface area contributed by atoms with Gasteiger partial charge < -0.3 is 10.0 Å². The van der Waals surface area contributed by atoms with Gasteiger partial charge in [0.25, 0.3) is 0 Å². The molecule has 6 heteroatoms. The van der Waals surface area contributed by atoms with Crippen LogP contribution < -0.4 is 0 Å². The summed E-state index contributed by atoms with van der Waals surface area (Å²) in [7, 11) is 2.09. The smallest absolute Gasteiger partial charge is 0.348 e. The van der Waals surface area contributed by atoms with Crippen molar-refractivity contribution < 1.29 is 9.90 Å². The highest BCUT2D eigenvalue weighted by Crippen LogP contribution is 2.28. The summed E-state index contributed by atoms with van der Waals surface area (Å²) < 4.78 is 0. The molecule has 0 saturated heterocycles. The highest BCUT2D eigenvalue weighted by Gasteiger charge is 2.18. The molecule has 0 atom stereocenters. The van der Waals surface area contributed by atoms with E-state index in [1.165, 1.54) is 24.2 Å². The standard InChI is InChI=1S/C16H21N3O2S/c1-3-4-10-19(2)11-7-13-18-14(15(22-13)16(20)21)12-5-8-17-9-6-12/h5-6,8-9H,3-4,7,10-11H2,1-2H3,(H,20,21). The van der Waals surface area contributed by atoms with Gasteiger partial charge in [-0.15, -0.1) is 11.3 Å². The van der Waals surface area contributed by atoms with E-state index < -0.39 is 5.97 Å². The zero-order valence-corrected chi connectivity index (χ0v) is 13.8. The van der Waals surface area contributed by atoms with Crippen LogP contribution >= 0.6 is 11.3 Å². The van der Waals surface area contributed by atoms with E-state index in [9.17, 15) is 9.90 Å². The highest BCUT2D eigenvalue weighted by molar-refractivity contribution is 7.14. The predicted octanol–water partition coefficient (Wildman–Crippen LogP) is 3.18. The van der Waals surface area contributed by atoms with Crippen molar-refractivity contribution in [3.05, 3.63) is 34.4 Å². The summed E-state index contributed by atoms with van der Waals surface area (Å²) in [6, 6.07) is 3.58. The van der Waals surface area contributed by atoms with Crippen molar-refractivity contribution in [1.82, 2.24) is 14.9 Å². The Kier molecular flexibility index (Phi) is 6.03. The van der Waals surface area contributed by atoms with E-state index in [0.29, 0.717) is 10.6 Å². The lowest BCUT2D eigenvalue weighted by atomic mass is 10.2. The average Bonchev–Trinajstić information content (AvgIpc) is 2.96. The summed E-state index contributed by atoms with van der Waals surface area (Å²) >= 11 is 1.27. The van der Waals surface area contributed by atoms with Crippen molar-refractivity contribution >= 4 is 17.3 Å². The van der Waals surface area contributed by atoms with E-state index in [4.69, 9.17) is 0 Å². The number of aromatic carboxylic acids is 1. The lowest BCUT2D eigenvalue weighted by Gasteiger charge is -2.14. The molecule has 2 aromatic heterocycles. The summed E-state index contributed by atoms with van der Waals surface area (Å²) in [6.45, 7) is 4.13. The monoisotopic (exact) mass is 319 g/mol. The Morgan fingerprint density at radius 1 is 1.32 bits per heavy atom. The number of carbonyl (C=O) groups is 1. The van der Waals surface area contributed by atoms with Crippen molar-refractivity contribution in [2.45, 2.75) is 26.2 Å². The van der Waals surface area contributed by atoms with Crippen molar-refractivity contribution in [3.8, 4) is 11.3 Å². The van der Waals surface area contributed by atoms with Crippen LogP contribution in [0.25, 0.3) is 11.3 Å². The summed E-state index contributed by atoms with van der Waals surface area (Å²) in [6.07, 6.45) is 6.43. The molecule has 0 saturated carbocycles. The molecule has 0 spiro atoms. The van der Waals surface area contributed by atoms with Gasteiger partial charge in [-0.25, -0.2) is 9.78 Å². The van der Waals surface area contributed by atoms with Crippen LogP contribution in [-0.4, -0.2) is 46.1 Å². The zero-order chi connectivity index (χ0) is 15.9. The minimum absolute atomic E-state index is 0.303. The molecular weight excluding hydrogens is 298 g/mol. The summed E-state index contributed by atoms with van der Waals surface area (Å²) in [5.41, 5.74) is 1.35. The Balaban J connectivity index is 2.12. The van der Waals surface area contributed by atoms with Gasteiger partial charge in [-0.2, -0.15) is 0 Å². The molecule has 1 N–H and O–H groups in total. The number of likely N-dealkylation sites (N-methyl/N-ethyl adjacent to an activating group) is 1. The first-order valence-electron chi connectivity index (χ1n) is 7.43. The fourth-order valence-corrected chi connectivity index (χ4v) is 3.06. The Hall–Kier alpha value is -1.79. The first-order valence-corrected chi connectivity index (χ1v) is 8.25. The van der Waals surface area contributed by atoms with Crippen molar-refractivity contribution in [2.75, 3.05) is 20.1 Å². The molecular formula is C16H21N3O2S. The maximum Gasteiger partial charge on any atom is 0.348 e. The third-order valence-electron chi connectivity index (χ3n) is 3.42. The molecule has 0 radical (unpaired) electrons. The molecule has 118 valence electrons. The number of aromatic nitrogens is 2. The predicted molar refractivity (Wildman–Crippen MR) is 88.4 cm³/mol.